The molecule has 0 aliphatic rings. The van der Waals surface area contributed by atoms with Gasteiger partial charge in [0.25, 0.3) is 10.0 Å². The van der Waals surface area contributed by atoms with Crippen LogP contribution < -0.4 is 28.6 Å². The van der Waals surface area contributed by atoms with Crippen LogP contribution in [0.15, 0.2) is 65.6 Å². The maximum absolute atomic E-state index is 13.6. The molecule has 0 atom stereocenters. The van der Waals surface area contributed by atoms with Crippen molar-refractivity contribution >= 4 is 21.6 Å². The van der Waals surface area contributed by atoms with Gasteiger partial charge >= 0.3 is 0 Å². The Bertz CT molecular complexity index is 1310. The minimum atomic E-state index is -4.08. The summed E-state index contributed by atoms with van der Waals surface area (Å²) in [5.41, 5.74) is 1.80. The van der Waals surface area contributed by atoms with Crippen LogP contribution in [0.25, 0.3) is 0 Å². The highest BCUT2D eigenvalue weighted by Crippen LogP contribution is 2.39. The van der Waals surface area contributed by atoms with E-state index in [4.69, 9.17) is 18.9 Å². The van der Waals surface area contributed by atoms with E-state index >= 15 is 0 Å². The van der Waals surface area contributed by atoms with Gasteiger partial charge in [-0.2, -0.15) is 0 Å². The molecule has 0 aromatic heterocycles. The molecular weight excluding hydrogens is 484 g/mol. The van der Waals surface area contributed by atoms with Gasteiger partial charge in [-0.1, -0.05) is 29.8 Å². The largest absolute Gasteiger partial charge is 0.495 e. The third kappa shape index (κ3) is 5.65. The molecule has 3 aromatic carbocycles. The Hall–Kier alpha value is -3.92. The first-order chi connectivity index (χ1) is 17.3. The summed E-state index contributed by atoms with van der Waals surface area (Å²) in [6.07, 6.45) is 0. The van der Waals surface area contributed by atoms with Gasteiger partial charge in [0, 0.05) is 12.1 Å². The summed E-state index contributed by atoms with van der Waals surface area (Å²) in [6.45, 7) is 1.48. The highest BCUT2D eigenvalue weighted by molar-refractivity contribution is 7.92. The summed E-state index contributed by atoms with van der Waals surface area (Å²) in [7, 11) is 1.85. The number of ether oxygens (including phenoxy) is 4. The summed E-state index contributed by atoms with van der Waals surface area (Å²) in [6, 6.07) is 16.5. The minimum absolute atomic E-state index is 0.0633. The maximum atomic E-state index is 13.6. The zero-order valence-corrected chi connectivity index (χ0v) is 21.7. The van der Waals surface area contributed by atoms with Gasteiger partial charge in [0.2, 0.25) is 11.7 Å². The Morgan fingerprint density at radius 1 is 0.806 bits per heavy atom. The fourth-order valence-corrected chi connectivity index (χ4v) is 5.09. The number of carbonyl (C=O) groups excluding carboxylic acids is 1. The number of amides is 1. The van der Waals surface area contributed by atoms with E-state index < -0.39 is 22.5 Å². The van der Waals surface area contributed by atoms with Crippen LogP contribution in [0.4, 0.5) is 5.69 Å². The van der Waals surface area contributed by atoms with E-state index in [-0.39, 0.29) is 17.1 Å². The first-order valence-electron chi connectivity index (χ1n) is 11.0. The van der Waals surface area contributed by atoms with Gasteiger partial charge in [0.15, 0.2) is 11.5 Å². The van der Waals surface area contributed by atoms with Gasteiger partial charge in [-0.3, -0.25) is 9.10 Å². The number of carbonyl (C=O) groups is 1. The lowest BCUT2D eigenvalue weighted by Crippen LogP contribution is -2.40. The van der Waals surface area contributed by atoms with Gasteiger partial charge in [0.1, 0.15) is 12.3 Å². The van der Waals surface area contributed by atoms with Crippen molar-refractivity contribution in [2.75, 3.05) is 39.3 Å². The molecule has 10 heteroatoms. The monoisotopic (exact) mass is 514 g/mol. The Labute approximate surface area is 211 Å². The molecule has 0 saturated carbocycles. The van der Waals surface area contributed by atoms with Gasteiger partial charge in [-0.25, -0.2) is 8.42 Å². The topological polar surface area (TPSA) is 103 Å². The van der Waals surface area contributed by atoms with E-state index in [2.05, 4.69) is 5.32 Å². The molecule has 36 heavy (non-hydrogen) atoms. The molecule has 0 unspecified atom stereocenters. The number of rotatable bonds is 11. The maximum Gasteiger partial charge on any atom is 0.264 e. The minimum Gasteiger partial charge on any atom is -0.495 e. The number of para-hydroxylation sites is 2. The lowest BCUT2D eigenvalue weighted by Gasteiger charge is -2.25. The summed E-state index contributed by atoms with van der Waals surface area (Å²) in [4.78, 5) is 13.1. The standard InChI is InChI=1S/C26H30N2O7S/c1-18-10-13-20(14-11-18)36(30,31)28(21-8-6-7-9-22(21)32-2)17-24(29)27-16-19-12-15-23(33-3)26(35-5)25(19)34-4/h6-15H,16-17H2,1-5H3,(H,27,29). The summed E-state index contributed by atoms with van der Waals surface area (Å²) >= 11 is 0. The summed E-state index contributed by atoms with van der Waals surface area (Å²) in [5, 5.41) is 2.77. The molecule has 0 aliphatic carbocycles. The molecule has 3 aromatic rings. The van der Waals surface area contributed by atoms with Crippen LogP contribution in [-0.4, -0.2) is 49.3 Å². The van der Waals surface area contributed by atoms with E-state index in [0.29, 0.717) is 28.6 Å². The molecule has 1 N–H and O–H groups in total. The van der Waals surface area contributed by atoms with Crippen LogP contribution in [-0.2, 0) is 21.4 Å². The molecule has 0 fully saturated rings. The average Bonchev–Trinajstić information content (AvgIpc) is 2.89. The van der Waals surface area contributed by atoms with Crippen LogP contribution in [0.2, 0.25) is 0 Å². The van der Waals surface area contributed by atoms with Crippen molar-refractivity contribution in [3.63, 3.8) is 0 Å². The van der Waals surface area contributed by atoms with Crippen molar-refractivity contribution in [3.8, 4) is 23.0 Å². The molecule has 192 valence electrons. The van der Waals surface area contributed by atoms with E-state index in [1.165, 1.54) is 40.6 Å². The Morgan fingerprint density at radius 3 is 2.06 bits per heavy atom. The van der Waals surface area contributed by atoms with Gasteiger partial charge < -0.3 is 24.3 Å². The van der Waals surface area contributed by atoms with Crippen molar-refractivity contribution in [1.29, 1.82) is 0 Å². The SMILES string of the molecule is COc1ccccc1N(CC(=O)NCc1ccc(OC)c(OC)c1OC)S(=O)(=O)c1ccc(C)cc1. The molecule has 9 nitrogen and oxygen atoms in total. The lowest BCUT2D eigenvalue weighted by atomic mass is 10.1. The number of nitrogens with zero attached hydrogens (tertiary/aromatic N) is 1. The van der Waals surface area contributed by atoms with Crippen molar-refractivity contribution in [1.82, 2.24) is 5.32 Å². The van der Waals surface area contributed by atoms with Crippen molar-refractivity contribution < 1.29 is 32.2 Å². The molecule has 0 saturated heterocycles. The second-order valence-electron chi connectivity index (χ2n) is 7.77. The summed E-state index contributed by atoms with van der Waals surface area (Å²) < 4.78 is 49.8. The predicted octanol–water partition coefficient (Wildman–Crippen LogP) is 3.54. The number of aryl methyl sites for hydroxylation is 1. The van der Waals surface area contributed by atoms with Crippen molar-refractivity contribution in [2.24, 2.45) is 0 Å². The zero-order chi connectivity index (χ0) is 26.3. The number of anilines is 1. The number of hydrogen-bond acceptors (Lipinski definition) is 7. The Morgan fingerprint density at radius 2 is 1.44 bits per heavy atom. The lowest BCUT2D eigenvalue weighted by molar-refractivity contribution is -0.119. The molecule has 1 amide bonds. The smallest absolute Gasteiger partial charge is 0.264 e. The zero-order valence-electron chi connectivity index (χ0n) is 20.9. The fraction of sp³-hybridized carbons (Fsp3) is 0.269. The molecule has 0 heterocycles. The second kappa shape index (κ2) is 11.7. The molecule has 0 radical (unpaired) electrons. The number of hydrogen-bond donors (Lipinski definition) is 1. The molecule has 0 bridgehead atoms. The Balaban J connectivity index is 1.91. The van der Waals surface area contributed by atoms with Crippen molar-refractivity contribution in [2.45, 2.75) is 18.4 Å². The van der Waals surface area contributed by atoms with Gasteiger partial charge in [0.05, 0.1) is 39.0 Å². The van der Waals surface area contributed by atoms with Crippen LogP contribution >= 0.6 is 0 Å². The summed E-state index contributed by atoms with van der Waals surface area (Å²) in [5.74, 6) is 1.09. The van der Waals surface area contributed by atoms with Crippen LogP contribution in [0.3, 0.4) is 0 Å². The number of methoxy groups -OCH3 is 4. The molecule has 0 aliphatic heterocycles. The van der Waals surface area contributed by atoms with E-state index in [1.807, 2.05) is 6.92 Å². The molecule has 3 rings (SSSR count). The van der Waals surface area contributed by atoms with Crippen LogP contribution in [0.1, 0.15) is 11.1 Å². The van der Waals surface area contributed by atoms with Crippen molar-refractivity contribution in [3.05, 3.63) is 71.8 Å². The quantitative estimate of drug-likeness (QED) is 0.417. The van der Waals surface area contributed by atoms with Crippen LogP contribution in [0.5, 0.6) is 23.0 Å². The highest BCUT2D eigenvalue weighted by Gasteiger charge is 2.29. The highest BCUT2D eigenvalue weighted by atomic mass is 32.2. The van der Waals surface area contributed by atoms with Gasteiger partial charge in [-0.05, 0) is 43.3 Å². The second-order valence-corrected chi connectivity index (χ2v) is 9.63. The van der Waals surface area contributed by atoms with E-state index in [1.54, 1.807) is 48.5 Å². The molecular formula is C26H30N2O7S. The average molecular weight is 515 g/mol. The molecule has 0 spiro atoms. The number of sulfonamides is 1. The van der Waals surface area contributed by atoms with E-state index in [9.17, 15) is 13.2 Å². The third-order valence-electron chi connectivity index (χ3n) is 5.51. The third-order valence-corrected chi connectivity index (χ3v) is 7.29. The van der Waals surface area contributed by atoms with Crippen LogP contribution in [0, 0.1) is 6.92 Å². The fourth-order valence-electron chi connectivity index (χ4n) is 3.66. The van der Waals surface area contributed by atoms with Gasteiger partial charge in [-0.15, -0.1) is 0 Å². The normalized spacial score (nSPS) is 10.9. The first-order valence-corrected chi connectivity index (χ1v) is 12.5. The predicted molar refractivity (Wildman–Crippen MR) is 137 cm³/mol. The first kappa shape index (κ1) is 26.7. The van der Waals surface area contributed by atoms with E-state index in [0.717, 1.165) is 9.87 Å². The number of nitrogens with one attached hydrogen (secondary N) is 1. The number of benzene rings is 3. The Kier molecular flexibility index (Phi) is 8.65.